The van der Waals surface area contributed by atoms with Crippen LogP contribution in [0.25, 0.3) is 5.69 Å². The molecule has 0 bridgehead atoms. The first kappa shape index (κ1) is 18.7. The van der Waals surface area contributed by atoms with Crippen LogP contribution in [-0.2, 0) is 16.2 Å². The molecule has 0 radical (unpaired) electrons. The van der Waals surface area contributed by atoms with E-state index in [4.69, 9.17) is 21.7 Å². The van der Waals surface area contributed by atoms with Crippen molar-refractivity contribution in [3.05, 3.63) is 41.4 Å². The number of carbonyl (C=O) groups excluding carboxylic acids is 1. The topological polar surface area (TPSA) is 48.6 Å². The summed E-state index contributed by atoms with van der Waals surface area (Å²) in [6.45, 7) is 4.64. The number of hydrogen-bond acceptors (Lipinski definition) is 5. The number of rotatable bonds is 6. The Kier molecular flexibility index (Phi) is 6.11. The molecule has 1 aromatic carbocycles. The fourth-order valence-electron chi connectivity index (χ4n) is 3.31. The molecule has 6 nitrogen and oxygen atoms in total. The number of hydrogen-bond donors (Lipinski definition) is 0. The number of imidazole rings is 1. The van der Waals surface area contributed by atoms with Gasteiger partial charge in [0.15, 0.2) is 4.77 Å². The predicted octanol–water partition coefficient (Wildman–Crippen LogP) is 3.25. The lowest BCUT2D eigenvalue weighted by Gasteiger charge is -2.31. The Labute approximate surface area is 158 Å². The van der Waals surface area contributed by atoms with Gasteiger partial charge in [0.25, 0.3) is 0 Å². The first-order chi connectivity index (χ1) is 12.6. The Morgan fingerprint density at radius 1 is 1.27 bits per heavy atom. The zero-order chi connectivity index (χ0) is 18.5. The number of likely N-dealkylation sites (tertiary alicyclic amines) is 1. The monoisotopic (exact) mass is 375 g/mol. The van der Waals surface area contributed by atoms with E-state index < -0.39 is 0 Å². The smallest absolute Gasteiger partial charge is 0.310 e. The SMILES string of the molecule is CCOC(=O)[C@@H]1CCCN(Cn2ccn(-c3ccc(OC)cc3)c2=S)C1. The minimum Gasteiger partial charge on any atom is -0.497 e. The Balaban J connectivity index is 1.69. The van der Waals surface area contributed by atoms with Crippen LogP contribution in [0, 0.1) is 10.7 Å². The van der Waals surface area contributed by atoms with Crippen LogP contribution in [0.4, 0.5) is 0 Å². The quantitative estimate of drug-likeness (QED) is 0.573. The molecule has 1 aromatic heterocycles. The van der Waals surface area contributed by atoms with Gasteiger partial charge in [0.05, 0.1) is 26.3 Å². The molecule has 1 atom stereocenters. The summed E-state index contributed by atoms with van der Waals surface area (Å²) in [5.74, 6) is 0.691. The number of ether oxygens (including phenoxy) is 2. The van der Waals surface area contributed by atoms with Gasteiger partial charge in [0, 0.05) is 24.6 Å². The molecule has 0 unspecified atom stereocenters. The molecule has 0 aliphatic carbocycles. The molecule has 0 saturated carbocycles. The first-order valence-electron chi connectivity index (χ1n) is 8.93. The van der Waals surface area contributed by atoms with E-state index in [1.54, 1.807) is 7.11 Å². The predicted molar refractivity (Wildman–Crippen MR) is 102 cm³/mol. The van der Waals surface area contributed by atoms with Gasteiger partial charge in [-0.05, 0) is 62.8 Å². The first-order valence-corrected chi connectivity index (χ1v) is 9.34. The van der Waals surface area contributed by atoms with Crippen molar-refractivity contribution in [2.75, 3.05) is 26.8 Å². The zero-order valence-electron chi connectivity index (χ0n) is 15.3. The molecule has 140 valence electrons. The maximum absolute atomic E-state index is 12.0. The van der Waals surface area contributed by atoms with Crippen molar-refractivity contribution in [3.63, 3.8) is 0 Å². The summed E-state index contributed by atoms with van der Waals surface area (Å²) in [6.07, 6.45) is 5.85. The van der Waals surface area contributed by atoms with Crippen molar-refractivity contribution in [2.45, 2.75) is 26.4 Å². The third-order valence-electron chi connectivity index (χ3n) is 4.68. The fraction of sp³-hybridized carbons (Fsp3) is 0.474. The Hall–Kier alpha value is -2.12. The molecule has 0 spiro atoms. The van der Waals surface area contributed by atoms with E-state index in [-0.39, 0.29) is 11.9 Å². The van der Waals surface area contributed by atoms with Crippen LogP contribution in [0.2, 0.25) is 0 Å². The van der Waals surface area contributed by atoms with Gasteiger partial charge < -0.3 is 14.0 Å². The maximum Gasteiger partial charge on any atom is 0.310 e. The van der Waals surface area contributed by atoms with Gasteiger partial charge >= 0.3 is 5.97 Å². The third-order valence-corrected chi connectivity index (χ3v) is 5.11. The van der Waals surface area contributed by atoms with Gasteiger partial charge in [-0.15, -0.1) is 0 Å². The highest BCUT2D eigenvalue weighted by molar-refractivity contribution is 7.71. The normalized spacial score (nSPS) is 17.8. The second kappa shape index (κ2) is 8.51. The molecule has 0 amide bonds. The van der Waals surface area contributed by atoms with Crippen molar-refractivity contribution < 1.29 is 14.3 Å². The highest BCUT2D eigenvalue weighted by Gasteiger charge is 2.26. The van der Waals surface area contributed by atoms with E-state index >= 15 is 0 Å². The van der Waals surface area contributed by atoms with Crippen LogP contribution in [0.3, 0.4) is 0 Å². The molecule has 2 aromatic rings. The van der Waals surface area contributed by atoms with E-state index in [0.717, 1.165) is 35.6 Å². The van der Waals surface area contributed by atoms with E-state index in [1.165, 1.54) is 0 Å². The lowest BCUT2D eigenvalue weighted by Crippen LogP contribution is -2.40. The van der Waals surface area contributed by atoms with Crippen molar-refractivity contribution in [2.24, 2.45) is 5.92 Å². The summed E-state index contributed by atoms with van der Waals surface area (Å²) in [7, 11) is 1.65. The largest absolute Gasteiger partial charge is 0.497 e. The van der Waals surface area contributed by atoms with Gasteiger partial charge in [-0.3, -0.25) is 14.3 Å². The summed E-state index contributed by atoms with van der Waals surface area (Å²) in [5, 5.41) is 0. The Bertz CT molecular complexity index is 797. The van der Waals surface area contributed by atoms with Crippen LogP contribution >= 0.6 is 12.2 Å². The van der Waals surface area contributed by atoms with Crippen LogP contribution in [0.15, 0.2) is 36.7 Å². The number of carbonyl (C=O) groups is 1. The maximum atomic E-state index is 12.0. The lowest BCUT2D eigenvalue weighted by molar-refractivity contribution is -0.150. The summed E-state index contributed by atoms with van der Waals surface area (Å²) >= 11 is 5.64. The molecular weight excluding hydrogens is 350 g/mol. The van der Waals surface area contributed by atoms with Crippen molar-refractivity contribution in [1.29, 1.82) is 0 Å². The molecular formula is C19H25N3O3S. The molecule has 2 heterocycles. The molecule has 1 aliphatic heterocycles. The second-order valence-electron chi connectivity index (χ2n) is 6.43. The van der Waals surface area contributed by atoms with Crippen molar-refractivity contribution in [3.8, 4) is 11.4 Å². The molecule has 1 fully saturated rings. The lowest BCUT2D eigenvalue weighted by atomic mass is 9.99. The third kappa shape index (κ3) is 4.16. The second-order valence-corrected chi connectivity index (χ2v) is 6.79. The highest BCUT2D eigenvalue weighted by Crippen LogP contribution is 2.20. The number of piperidine rings is 1. The van der Waals surface area contributed by atoms with Crippen molar-refractivity contribution >= 4 is 18.2 Å². The molecule has 7 heteroatoms. The van der Waals surface area contributed by atoms with Gasteiger partial charge in [-0.1, -0.05) is 0 Å². The van der Waals surface area contributed by atoms with Crippen LogP contribution in [0.1, 0.15) is 19.8 Å². The van der Waals surface area contributed by atoms with Gasteiger partial charge in [-0.25, -0.2) is 0 Å². The van der Waals surface area contributed by atoms with E-state index in [2.05, 4.69) is 4.90 Å². The molecule has 0 N–H and O–H groups in total. The van der Waals surface area contributed by atoms with Gasteiger partial charge in [0.1, 0.15) is 5.75 Å². The molecule has 3 rings (SSSR count). The number of methoxy groups -OCH3 is 1. The van der Waals surface area contributed by atoms with Crippen LogP contribution in [-0.4, -0.2) is 46.8 Å². The summed E-state index contributed by atoms with van der Waals surface area (Å²) in [4.78, 5) is 14.3. The van der Waals surface area contributed by atoms with E-state index in [9.17, 15) is 4.79 Å². The highest BCUT2D eigenvalue weighted by atomic mass is 32.1. The summed E-state index contributed by atoms with van der Waals surface area (Å²) in [5.41, 5.74) is 0.998. The van der Waals surface area contributed by atoms with Crippen molar-refractivity contribution in [1.82, 2.24) is 14.0 Å². The van der Waals surface area contributed by atoms with E-state index in [0.29, 0.717) is 19.8 Å². The Morgan fingerprint density at radius 3 is 2.73 bits per heavy atom. The van der Waals surface area contributed by atoms with Crippen LogP contribution < -0.4 is 4.74 Å². The van der Waals surface area contributed by atoms with Gasteiger partial charge in [-0.2, -0.15) is 0 Å². The average molecular weight is 375 g/mol. The number of benzene rings is 1. The minimum atomic E-state index is -0.0865. The zero-order valence-corrected chi connectivity index (χ0v) is 16.1. The number of aromatic nitrogens is 2. The summed E-state index contributed by atoms with van der Waals surface area (Å²) in [6, 6.07) is 7.80. The number of nitrogens with zero attached hydrogens (tertiary/aromatic N) is 3. The standard InChI is InChI=1S/C19H25N3O3S/c1-3-25-18(23)15-5-4-10-20(13-15)14-21-11-12-22(19(21)26)16-6-8-17(24-2)9-7-16/h6-9,11-12,15H,3-5,10,13-14H2,1-2H3/t15-/m1/s1. The molecule has 1 saturated heterocycles. The Morgan fingerprint density at radius 2 is 2.04 bits per heavy atom. The molecule has 26 heavy (non-hydrogen) atoms. The molecule has 1 aliphatic rings. The average Bonchev–Trinajstić information content (AvgIpc) is 3.03. The van der Waals surface area contributed by atoms with Crippen LogP contribution in [0.5, 0.6) is 5.75 Å². The fourth-order valence-corrected chi connectivity index (χ4v) is 3.60. The van der Waals surface area contributed by atoms with E-state index in [1.807, 2.05) is 52.7 Å². The summed E-state index contributed by atoms with van der Waals surface area (Å²) < 4.78 is 15.1. The number of esters is 1. The van der Waals surface area contributed by atoms with Gasteiger partial charge in [0.2, 0.25) is 0 Å². The minimum absolute atomic E-state index is 0.0402.